The minimum absolute atomic E-state index is 0.0608. The van der Waals surface area contributed by atoms with Gasteiger partial charge in [-0.25, -0.2) is 9.79 Å². The highest BCUT2D eigenvalue weighted by Gasteiger charge is 2.43. The van der Waals surface area contributed by atoms with Crippen LogP contribution >= 0.6 is 23.4 Å². The highest BCUT2D eigenvalue weighted by atomic mass is 35.5. The molecule has 3 aliphatic heterocycles. The lowest BCUT2D eigenvalue weighted by Gasteiger charge is -2.37. The summed E-state index contributed by atoms with van der Waals surface area (Å²) in [5, 5.41) is 6.11. The molecule has 5 rings (SSSR count). The second kappa shape index (κ2) is 11.5. The van der Waals surface area contributed by atoms with Crippen LogP contribution in [0, 0.1) is 0 Å². The molecule has 2 aromatic rings. The van der Waals surface area contributed by atoms with Crippen LogP contribution in [-0.4, -0.2) is 47.8 Å². The van der Waals surface area contributed by atoms with E-state index in [4.69, 9.17) is 26.1 Å². The zero-order valence-electron chi connectivity index (χ0n) is 20.5. The lowest BCUT2D eigenvalue weighted by Crippen LogP contribution is -2.39. The van der Waals surface area contributed by atoms with Crippen LogP contribution in [0.5, 0.6) is 0 Å². The molecule has 0 saturated carbocycles. The Kier molecular flexibility index (Phi) is 7.98. The molecule has 2 atom stereocenters. The minimum Gasteiger partial charge on any atom is -0.463 e. The van der Waals surface area contributed by atoms with Crippen LogP contribution in [0.25, 0.3) is 5.70 Å². The molecule has 1 N–H and O–H groups in total. The number of carbonyl (C=O) groups excluding carboxylic acids is 2. The summed E-state index contributed by atoms with van der Waals surface area (Å²) in [7, 11) is 0. The Morgan fingerprint density at radius 2 is 1.97 bits per heavy atom. The van der Waals surface area contributed by atoms with Gasteiger partial charge in [0.15, 0.2) is 5.17 Å². The van der Waals surface area contributed by atoms with Crippen molar-refractivity contribution in [1.82, 2.24) is 10.2 Å². The van der Waals surface area contributed by atoms with Gasteiger partial charge in [-0.15, -0.1) is 0 Å². The third kappa shape index (κ3) is 5.46. The summed E-state index contributed by atoms with van der Waals surface area (Å²) in [6, 6.07) is 16.4. The maximum Gasteiger partial charge on any atom is 0.338 e. The van der Waals surface area contributed by atoms with Crippen molar-refractivity contribution in [1.29, 1.82) is 0 Å². The first-order valence-electron chi connectivity index (χ1n) is 12.4. The number of fused-ring (bicyclic) bond motifs is 1. The number of thioether (sulfide) groups is 1. The summed E-state index contributed by atoms with van der Waals surface area (Å²) < 4.78 is 11.2. The van der Waals surface area contributed by atoms with E-state index in [0.717, 1.165) is 36.3 Å². The number of esters is 1. The van der Waals surface area contributed by atoms with Crippen molar-refractivity contribution in [3.05, 3.63) is 87.4 Å². The lowest BCUT2D eigenvalue weighted by molar-refractivity contribution is -0.139. The van der Waals surface area contributed by atoms with E-state index in [-0.39, 0.29) is 25.0 Å². The molecular formula is C28H28ClN3O4S. The van der Waals surface area contributed by atoms with Crippen LogP contribution in [-0.2, 0) is 19.1 Å². The Balaban J connectivity index is 1.54. The normalized spacial score (nSPS) is 20.9. The fourth-order valence-corrected chi connectivity index (χ4v) is 5.90. The van der Waals surface area contributed by atoms with E-state index in [0.29, 0.717) is 28.0 Å². The molecule has 2 aromatic carbocycles. The number of nitrogens with zero attached hydrogens (tertiary/aromatic N) is 2. The standard InChI is InChI=1S/C28H28ClN3O4S/c1-2-35-27(34)24-25(18-9-4-3-5-10-18)31-28-32(26(24)21-12-6-7-13-22(21)29)19(17-37-28)15-23(33)30-16-20-11-8-14-36-20/h3-7,9-10,12-13,17,20,26H,2,8,11,14-16H2,1H3,(H,30,33). The van der Waals surface area contributed by atoms with E-state index in [2.05, 4.69) is 5.32 Å². The van der Waals surface area contributed by atoms with Crippen LogP contribution in [0.4, 0.5) is 0 Å². The second-order valence-corrected chi connectivity index (χ2v) is 10.1. The third-order valence-corrected chi connectivity index (χ3v) is 7.68. The molecule has 37 heavy (non-hydrogen) atoms. The van der Waals surface area contributed by atoms with E-state index < -0.39 is 12.0 Å². The first-order valence-corrected chi connectivity index (χ1v) is 13.7. The van der Waals surface area contributed by atoms with E-state index in [1.54, 1.807) is 13.0 Å². The summed E-state index contributed by atoms with van der Waals surface area (Å²) in [5.74, 6) is -0.579. The maximum atomic E-state index is 13.5. The van der Waals surface area contributed by atoms with Crippen LogP contribution < -0.4 is 5.32 Å². The predicted molar refractivity (Wildman–Crippen MR) is 146 cm³/mol. The van der Waals surface area contributed by atoms with E-state index in [1.165, 1.54) is 11.8 Å². The Bertz CT molecular complexity index is 1270. The highest BCUT2D eigenvalue weighted by Crippen LogP contribution is 2.48. The number of ether oxygens (including phenoxy) is 2. The van der Waals surface area contributed by atoms with Crippen molar-refractivity contribution < 1.29 is 19.1 Å². The van der Waals surface area contributed by atoms with Crippen molar-refractivity contribution in [3.8, 4) is 0 Å². The average molecular weight is 538 g/mol. The number of carbonyl (C=O) groups is 2. The number of hydrogen-bond donors (Lipinski definition) is 1. The van der Waals surface area contributed by atoms with Gasteiger partial charge in [0.1, 0.15) is 0 Å². The van der Waals surface area contributed by atoms with Crippen LogP contribution in [0.15, 0.2) is 76.3 Å². The van der Waals surface area contributed by atoms with E-state index in [1.807, 2.05) is 58.8 Å². The van der Waals surface area contributed by atoms with E-state index >= 15 is 0 Å². The SMILES string of the molecule is CCOC(=O)C1=C(c2ccccc2)N=C2SC=C(CC(=O)NCC3CCCO3)N2C1c1ccccc1Cl. The third-order valence-electron chi connectivity index (χ3n) is 6.45. The number of amides is 1. The molecule has 3 aliphatic rings. The first kappa shape index (κ1) is 25.6. The summed E-state index contributed by atoms with van der Waals surface area (Å²) >= 11 is 8.13. The molecule has 9 heteroatoms. The van der Waals surface area contributed by atoms with Crippen molar-refractivity contribution >= 4 is 46.1 Å². The summed E-state index contributed by atoms with van der Waals surface area (Å²) in [6.07, 6.45) is 2.16. The summed E-state index contributed by atoms with van der Waals surface area (Å²) in [4.78, 5) is 33.3. The van der Waals surface area contributed by atoms with Crippen LogP contribution in [0.3, 0.4) is 0 Å². The molecule has 0 aromatic heterocycles. The van der Waals surface area contributed by atoms with Crippen molar-refractivity contribution in [2.45, 2.75) is 38.3 Å². The van der Waals surface area contributed by atoms with Crippen molar-refractivity contribution in [2.24, 2.45) is 4.99 Å². The molecule has 0 bridgehead atoms. The Morgan fingerprint density at radius 1 is 1.19 bits per heavy atom. The molecule has 0 radical (unpaired) electrons. The van der Waals surface area contributed by atoms with Gasteiger partial charge in [-0.2, -0.15) is 0 Å². The number of benzene rings is 2. The predicted octanol–water partition coefficient (Wildman–Crippen LogP) is 5.30. The monoisotopic (exact) mass is 537 g/mol. The zero-order chi connectivity index (χ0) is 25.8. The van der Waals surface area contributed by atoms with Gasteiger partial charge in [-0.3, -0.25) is 4.79 Å². The van der Waals surface area contributed by atoms with Gasteiger partial charge in [-0.05, 0) is 36.8 Å². The molecule has 0 spiro atoms. The number of hydrogen-bond acceptors (Lipinski definition) is 7. The topological polar surface area (TPSA) is 80.2 Å². The Labute approximate surface area is 225 Å². The molecule has 3 heterocycles. The number of nitrogens with one attached hydrogen (secondary N) is 1. The lowest BCUT2D eigenvalue weighted by atomic mass is 9.91. The van der Waals surface area contributed by atoms with Crippen molar-refractivity contribution in [2.75, 3.05) is 19.8 Å². The fourth-order valence-electron chi connectivity index (χ4n) is 4.74. The van der Waals surface area contributed by atoms with Gasteiger partial charge >= 0.3 is 5.97 Å². The van der Waals surface area contributed by atoms with Gasteiger partial charge in [0, 0.05) is 29.4 Å². The van der Waals surface area contributed by atoms with Crippen LogP contribution in [0.2, 0.25) is 5.02 Å². The highest BCUT2D eigenvalue weighted by molar-refractivity contribution is 8.16. The van der Waals surface area contributed by atoms with E-state index in [9.17, 15) is 9.59 Å². The van der Waals surface area contributed by atoms with Gasteiger partial charge in [0.25, 0.3) is 0 Å². The first-order chi connectivity index (χ1) is 18.1. The molecule has 1 saturated heterocycles. The van der Waals surface area contributed by atoms with Gasteiger partial charge in [-0.1, -0.05) is 71.9 Å². The average Bonchev–Trinajstić information content (AvgIpc) is 3.58. The van der Waals surface area contributed by atoms with Gasteiger partial charge < -0.3 is 19.7 Å². The number of halogens is 1. The molecule has 1 amide bonds. The Morgan fingerprint density at radius 3 is 2.70 bits per heavy atom. The molecular weight excluding hydrogens is 510 g/mol. The molecule has 2 unspecified atom stereocenters. The van der Waals surface area contributed by atoms with Gasteiger partial charge in [0.05, 0.1) is 36.4 Å². The second-order valence-electron chi connectivity index (χ2n) is 8.88. The fraction of sp³-hybridized carbons (Fsp3) is 0.321. The molecule has 1 fully saturated rings. The largest absolute Gasteiger partial charge is 0.463 e. The number of rotatable bonds is 8. The van der Waals surface area contributed by atoms with Crippen LogP contribution in [0.1, 0.15) is 43.4 Å². The Hall–Kier alpha value is -3.07. The number of aliphatic imine (C=N–C) groups is 1. The van der Waals surface area contributed by atoms with Gasteiger partial charge in [0.2, 0.25) is 5.91 Å². The number of amidine groups is 1. The summed E-state index contributed by atoms with van der Waals surface area (Å²) in [5.41, 5.74) is 3.21. The summed E-state index contributed by atoms with van der Waals surface area (Å²) in [6.45, 7) is 3.22. The maximum absolute atomic E-state index is 13.5. The molecule has 7 nitrogen and oxygen atoms in total. The minimum atomic E-state index is -0.609. The van der Waals surface area contributed by atoms with Crippen molar-refractivity contribution in [3.63, 3.8) is 0 Å². The quantitative estimate of drug-likeness (QED) is 0.460. The smallest absolute Gasteiger partial charge is 0.338 e. The zero-order valence-corrected chi connectivity index (χ0v) is 22.1. The molecule has 0 aliphatic carbocycles. The molecule has 192 valence electrons.